The van der Waals surface area contributed by atoms with Crippen LogP contribution in [0.4, 0.5) is 0 Å². The van der Waals surface area contributed by atoms with E-state index in [1.165, 1.54) is 5.56 Å². The lowest BCUT2D eigenvalue weighted by Crippen LogP contribution is -2.49. The molecule has 116 valence electrons. The maximum Gasteiger partial charge on any atom is 0.123 e. The van der Waals surface area contributed by atoms with Gasteiger partial charge < -0.3 is 19.5 Å². The van der Waals surface area contributed by atoms with Gasteiger partial charge in [-0.3, -0.25) is 0 Å². The summed E-state index contributed by atoms with van der Waals surface area (Å²) in [6.07, 6.45) is 4.23. The molecule has 21 heavy (non-hydrogen) atoms. The van der Waals surface area contributed by atoms with Crippen molar-refractivity contribution in [3.8, 4) is 5.75 Å². The molecule has 1 spiro atoms. The molecule has 4 nitrogen and oxygen atoms in total. The van der Waals surface area contributed by atoms with Gasteiger partial charge in [0.15, 0.2) is 0 Å². The normalized spacial score (nSPS) is 24.9. The molecule has 2 heterocycles. The van der Waals surface area contributed by atoms with Crippen LogP contribution in [-0.4, -0.2) is 38.6 Å². The van der Waals surface area contributed by atoms with Crippen LogP contribution in [0, 0.1) is 0 Å². The van der Waals surface area contributed by atoms with Crippen molar-refractivity contribution in [3.05, 3.63) is 29.8 Å². The Morgan fingerprint density at radius 1 is 1.24 bits per heavy atom. The predicted octanol–water partition coefficient (Wildman–Crippen LogP) is 2.51. The Labute approximate surface area is 126 Å². The molecule has 0 amide bonds. The Morgan fingerprint density at radius 2 is 2.05 bits per heavy atom. The first kappa shape index (κ1) is 14.8. The van der Waals surface area contributed by atoms with E-state index >= 15 is 0 Å². The van der Waals surface area contributed by atoms with Gasteiger partial charge in [0.1, 0.15) is 5.75 Å². The summed E-state index contributed by atoms with van der Waals surface area (Å²) in [5.41, 5.74) is 1.27. The quantitative estimate of drug-likeness (QED) is 0.925. The summed E-state index contributed by atoms with van der Waals surface area (Å²) in [5, 5.41) is 3.68. The summed E-state index contributed by atoms with van der Waals surface area (Å²) in [6.45, 7) is 3.36. The van der Waals surface area contributed by atoms with Crippen molar-refractivity contribution in [2.45, 2.75) is 43.9 Å². The van der Waals surface area contributed by atoms with Crippen LogP contribution in [-0.2, 0) is 16.0 Å². The Balaban J connectivity index is 1.57. The minimum absolute atomic E-state index is 0.0505. The highest BCUT2D eigenvalue weighted by molar-refractivity contribution is 5.33. The van der Waals surface area contributed by atoms with Gasteiger partial charge >= 0.3 is 0 Å². The van der Waals surface area contributed by atoms with Crippen LogP contribution < -0.4 is 10.1 Å². The van der Waals surface area contributed by atoms with Crippen LogP contribution in [0.25, 0.3) is 0 Å². The van der Waals surface area contributed by atoms with E-state index in [2.05, 4.69) is 17.4 Å². The molecule has 1 unspecified atom stereocenters. The number of hydrogen-bond acceptors (Lipinski definition) is 4. The number of hydrogen-bond donors (Lipinski definition) is 1. The number of benzene rings is 1. The van der Waals surface area contributed by atoms with Crippen molar-refractivity contribution in [1.82, 2.24) is 5.32 Å². The molecule has 2 aliphatic rings. The Hall–Kier alpha value is -1.10. The molecule has 2 fully saturated rings. The Morgan fingerprint density at radius 3 is 2.86 bits per heavy atom. The van der Waals surface area contributed by atoms with Gasteiger partial charge in [-0.25, -0.2) is 0 Å². The number of para-hydroxylation sites is 1. The molecule has 3 rings (SSSR count). The van der Waals surface area contributed by atoms with Gasteiger partial charge in [-0.2, -0.15) is 0 Å². The lowest BCUT2D eigenvalue weighted by molar-refractivity contribution is -0.140. The average Bonchev–Trinajstić information content (AvgIpc) is 2.54. The first-order chi connectivity index (χ1) is 10.3. The smallest absolute Gasteiger partial charge is 0.123 e. The highest BCUT2D eigenvalue weighted by Gasteiger charge is 2.38. The lowest BCUT2D eigenvalue weighted by Gasteiger charge is -2.43. The molecule has 1 N–H and O–H groups in total. The summed E-state index contributed by atoms with van der Waals surface area (Å²) in [7, 11) is 1.73. The van der Waals surface area contributed by atoms with Gasteiger partial charge in [0, 0.05) is 38.0 Å². The summed E-state index contributed by atoms with van der Waals surface area (Å²) in [6, 6.07) is 8.72. The molecule has 0 aliphatic carbocycles. The maximum atomic E-state index is 6.09. The third-order valence-corrected chi connectivity index (χ3v) is 4.67. The van der Waals surface area contributed by atoms with Crippen LogP contribution in [0.5, 0.6) is 5.75 Å². The molecular formula is C17H25NO3. The molecule has 2 aliphatic heterocycles. The SMILES string of the molecule is COc1ccccc1CNC1CCOC2(CCOCC2)C1. The third kappa shape index (κ3) is 3.57. The number of methoxy groups -OCH3 is 1. The Bertz CT molecular complexity index is 452. The van der Waals surface area contributed by atoms with Gasteiger partial charge in [0.2, 0.25) is 0 Å². The standard InChI is InChI=1S/C17H25NO3/c1-19-16-5-3-2-4-14(16)13-18-15-6-9-21-17(12-15)7-10-20-11-8-17/h2-5,15,18H,6-13H2,1H3. The molecule has 2 saturated heterocycles. The van der Waals surface area contributed by atoms with Crippen molar-refractivity contribution >= 4 is 0 Å². The van der Waals surface area contributed by atoms with E-state index in [1.54, 1.807) is 7.11 Å². The molecule has 1 aromatic rings. The first-order valence-electron chi connectivity index (χ1n) is 7.88. The van der Waals surface area contributed by atoms with Gasteiger partial charge in [-0.05, 0) is 31.7 Å². The zero-order valence-corrected chi connectivity index (χ0v) is 12.8. The average molecular weight is 291 g/mol. The molecule has 1 atom stereocenters. The highest BCUT2D eigenvalue weighted by Crippen LogP contribution is 2.34. The van der Waals surface area contributed by atoms with E-state index in [1.807, 2.05) is 12.1 Å². The Kier molecular flexibility index (Phi) is 4.78. The van der Waals surface area contributed by atoms with E-state index in [9.17, 15) is 0 Å². The van der Waals surface area contributed by atoms with E-state index in [4.69, 9.17) is 14.2 Å². The number of nitrogens with one attached hydrogen (secondary N) is 1. The van der Waals surface area contributed by atoms with E-state index < -0.39 is 0 Å². The molecule has 4 heteroatoms. The highest BCUT2D eigenvalue weighted by atomic mass is 16.5. The van der Waals surface area contributed by atoms with Crippen molar-refractivity contribution in [1.29, 1.82) is 0 Å². The fraction of sp³-hybridized carbons (Fsp3) is 0.647. The second kappa shape index (κ2) is 6.77. The first-order valence-corrected chi connectivity index (χ1v) is 7.88. The molecule has 0 aromatic heterocycles. The number of rotatable bonds is 4. The summed E-state index contributed by atoms with van der Waals surface area (Å²) < 4.78 is 17.0. The van der Waals surface area contributed by atoms with Gasteiger partial charge in [-0.1, -0.05) is 18.2 Å². The molecule has 0 radical (unpaired) electrons. The topological polar surface area (TPSA) is 39.7 Å². The van der Waals surface area contributed by atoms with Crippen molar-refractivity contribution in [2.75, 3.05) is 26.9 Å². The van der Waals surface area contributed by atoms with E-state index in [-0.39, 0.29) is 5.60 Å². The molecule has 0 bridgehead atoms. The van der Waals surface area contributed by atoms with E-state index in [0.717, 1.165) is 57.8 Å². The van der Waals surface area contributed by atoms with Crippen molar-refractivity contribution < 1.29 is 14.2 Å². The van der Waals surface area contributed by atoms with Gasteiger partial charge in [-0.15, -0.1) is 0 Å². The summed E-state index contributed by atoms with van der Waals surface area (Å²) >= 11 is 0. The lowest BCUT2D eigenvalue weighted by atomic mass is 9.84. The van der Waals surface area contributed by atoms with Crippen LogP contribution in [0.1, 0.15) is 31.2 Å². The second-order valence-electron chi connectivity index (χ2n) is 6.03. The van der Waals surface area contributed by atoms with Gasteiger partial charge in [0.05, 0.1) is 12.7 Å². The molecule has 0 saturated carbocycles. The van der Waals surface area contributed by atoms with Crippen LogP contribution in [0.3, 0.4) is 0 Å². The fourth-order valence-corrected chi connectivity index (χ4v) is 3.40. The largest absolute Gasteiger partial charge is 0.496 e. The molecular weight excluding hydrogens is 266 g/mol. The monoisotopic (exact) mass is 291 g/mol. The van der Waals surface area contributed by atoms with Crippen LogP contribution in [0.2, 0.25) is 0 Å². The van der Waals surface area contributed by atoms with Crippen molar-refractivity contribution in [3.63, 3.8) is 0 Å². The zero-order chi connectivity index (χ0) is 14.5. The summed E-state index contributed by atoms with van der Waals surface area (Å²) in [5.74, 6) is 0.956. The second-order valence-corrected chi connectivity index (χ2v) is 6.03. The van der Waals surface area contributed by atoms with E-state index in [0.29, 0.717) is 6.04 Å². The van der Waals surface area contributed by atoms with Crippen LogP contribution in [0.15, 0.2) is 24.3 Å². The predicted molar refractivity (Wildman–Crippen MR) is 81.6 cm³/mol. The van der Waals surface area contributed by atoms with Crippen molar-refractivity contribution in [2.24, 2.45) is 0 Å². The summed E-state index contributed by atoms with van der Waals surface area (Å²) in [4.78, 5) is 0. The minimum Gasteiger partial charge on any atom is -0.496 e. The van der Waals surface area contributed by atoms with Gasteiger partial charge in [0.25, 0.3) is 0 Å². The number of ether oxygens (including phenoxy) is 3. The molecule has 1 aromatic carbocycles. The minimum atomic E-state index is 0.0505. The third-order valence-electron chi connectivity index (χ3n) is 4.67. The van der Waals surface area contributed by atoms with Crippen LogP contribution >= 0.6 is 0 Å². The maximum absolute atomic E-state index is 6.09. The fourth-order valence-electron chi connectivity index (χ4n) is 3.40. The zero-order valence-electron chi connectivity index (χ0n) is 12.8.